The van der Waals surface area contributed by atoms with Crippen LogP contribution in [0.5, 0.6) is 11.5 Å². The third-order valence-electron chi connectivity index (χ3n) is 2.87. The van der Waals surface area contributed by atoms with E-state index in [0.717, 1.165) is 24.1 Å². The molecule has 2 rings (SSSR count). The van der Waals surface area contributed by atoms with Crippen LogP contribution in [0.25, 0.3) is 0 Å². The highest BCUT2D eigenvalue weighted by atomic mass is 19.1. The average Bonchev–Trinajstić information content (AvgIpc) is 2.41. The first kappa shape index (κ1) is 13.5. The predicted octanol–water partition coefficient (Wildman–Crippen LogP) is 4.17. The van der Waals surface area contributed by atoms with Crippen LogP contribution in [-0.4, -0.2) is 0 Å². The maximum absolute atomic E-state index is 13.6. The topological polar surface area (TPSA) is 35.2 Å². The summed E-state index contributed by atoms with van der Waals surface area (Å²) in [5.74, 6) is -0.900. The van der Waals surface area contributed by atoms with Gasteiger partial charge in [0.05, 0.1) is 0 Å². The van der Waals surface area contributed by atoms with Crippen molar-refractivity contribution in [3.05, 3.63) is 59.7 Å². The molecule has 0 aliphatic heterocycles. The van der Waals surface area contributed by atoms with E-state index >= 15 is 0 Å². The molecular weight excluding hydrogens is 248 g/mol. The van der Waals surface area contributed by atoms with Crippen LogP contribution >= 0.6 is 0 Å². The van der Waals surface area contributed by atoms with Gasteiger partial charge in [0.2, 0.25) is 0 Å². The second-order valence-electron chi connectivity index (χ2n) is 4.23. The Morgan fingerprint density at radius 2 is 1.84 bits per heavy atom. The van der Waals surface area contributed by atoms with E-state index in [2.05, 4.69) is 0 Å². The van der Waals surface area contributed by atoms with Gasteiger partial charge in [-0.2, -0.15) is 0 Å². The first-order valence-electron chi connectivity index (χ1n) is 6.09. The van der Waals surface area contributed by atoms with Crippen molar-refractivity contribution in [2.75, 3.05) is 0 Å². The maximum atomic E-state index is 13.6. The van der Waals surface area contributed by atoms with Gasteiger partial charge in [-0.05, 0) is 24.6 Å². The molecule has 4 heteroatoms. The Balaban J connectivity index is 2.33. The van der Waals surface area contributed by atoms with Gasteiger partial charge in [-0.15, -0.1) is 0 Å². The molecule has 1 atom stereocenters. The number of hydrogen-bond donors (Lipinski definition) is 1. The number of para-hydroxylation sites is 1. The van der Waals surface area contributed by atoms with E-state index in [1.54, 1.807) is 12.1 Å². The molecule has 100 valence electrons. The van der Waals surface area contributed by atoms with Crippen LogP contribution in [0, 0.1) is 11.6 Å². The number of hydrogen-bond acceptors (Lipinski definition) is 2. The molecule has 0 unspecified atom stereocenters. The molecule has 0 saturated heterocycles. The monoisotopic (exact) mass is 263 g/mol. The first-order valence-corrected chi connectivity index (χ1v) is 6.09. The molecule has 0 spiro atoms. The summed E-state index contributed by atoms with van der Waals surface area (Å²) >= 11 is 0. The van der Waals surface area contributed by atoms with Crippen LogP contribution in [0.4, 0.5) is 8.78 Å². The first-order chi connectivity index (χ1) is 9.11. The molecule has 0 aliphatic carbocycles. The predicted molar refractivity (Wildman–Crippen MR) is 70.1 cm³/mol. The van der Waals surface area contributed by atoms with E-state index in [1.807, 2.05) is 19.1 Å². The zero-order chi connectivity index (χ0) is 13.8. The summed E-state index contributed by atoms with van der Waals surface area (Å²) < 4.78 is 31.9. The minimum absolute atomic E-state index is 0.0165. The lowest BCUT2D eigenvalue weighted by Gasteiger charge is -2.15. The minimum Gasteiger partial charge on any atom is -0.454 e. The lowest BCUT2D eigenvalue weighted by atomic mass is 10.0. The van der Waals surface area contributed by atoms with E-state index in [4.69, 9.17) is 10.5 Å². The summed E-state index contributed by atoms with van der Waals surface area (Å²) in [6, 6.07) is 10.2. The molecule has 0 bridgehead atoms. The lowest BCUT2D eigenvalue weighted by Crippen LogP contribution is -2.09. The van der Waals surface area contributed by atoms with Gasteiger partial charge < -0.3 is 10.5 Å². The molecule has 0 amide bonds. The zero-order valence-corrected chi connectivity index (χ0v) is 10.6. The standard InChI is InChI=1S/C15H15F2NO/c1-2-13(18)11-5-3-4-6-14(11)19-15-8-7-10(16)9-12(15)17/h3-9,13H,2,18H2,1H3/t13-/m0/s1. The van der Waals surface area contributed by atoms with Gasteiger partial charge >= 0.3 is 0 Å². The molecule has 2 nitrogen and oxygen atoms in total. The molecule has 0 aliphatic rings. The van der Waals surface area contributed by atoms with E-state index in [-0.39, 0.29) is 11.8 Å². The number of benzene rings is 2. The van der Waals surface area contributed by atoms with Gasteiger partial charge in [-0.1, -0.05) is 25.1 Å². The highest BCUT2D eigenvalue weighted by Gasteiger charge is 2.12. The fourth-order valence-electron chi connectivity index (χ4n) is 1.78. The van der Waals surface area contributed by atoms with Crippen LogP contribution in [0.15, 0.2) is 42.5 Å². The summed E-state index contributed by atoms with van der Waals surface area (Å²) in [7, 11) is 0. The van der Waals surface area contributed by atoms with Crippen molar-refractivity contribution in [1.29, 1.82) is 0 Å². The van der Waals surface area contributed by atoms with Gasteiger partial charge in [0, 0.05) is 17.7 Å². The molecule has 2 aromatic rings. The molecule has 0 heterocycles. The third kappa shape index (κ3) is 3.09. The van der Waals surface area contributed by atoms with Crippen molar-refractivity contribution in [2.24, 2.45) is 5.73 Å². The Hall–Kier alpha value is -1.94. The van der Waals surface area contributed by atoms with Crippen molar-refractivity contribution < 1.29 is 13.5 Å². The highest BCUT2D eigenvalue weighted by Crippen LogP contribution is 2.31. The molecule has 0 fully saturated rings. The van der Waals surface area contributed by atoms with Crippen molar-refractivity contribution in [3.63, 3.8) is 0 Å². The third-order valence-corrected chi connectivity index (χ3v) is 2.87. The number of rotatable bonds is 4. The molecule has 0 radical (unpaired) electrons. The molecule has 0 aromatic heterocycles. The van der Waals surface area contributed by atoms with Crippen molar-refractivity contribution in [1.82, 2.24) is 0 Å². The largest absolute Gasteiger partial charge is 0.454 e. The van der Waals surface area contributed by atoms with Gasteiger partial charge in [0.15, 0.2) is 11.6 Å². The minimum atomic E-state index is -0.736. The molecule has 2 N–H and O–H groups in total. The van der Waals surface area contributed by atoms with Crippen LogP contribution in [0.2, 0.25) is 0 Å². The van der Waals surface area contributed by atoms with E-state index in [0.29, 0.717) is 5.75 Å². The summed E-state index contributed by atoms with van der Waals surface area (Å²) in [4.78, 5) is 0. The van der Waals surface area contributed by atoms with E-state index in [9.17, 15) is 8.78 Å². The zero-order valence-electron chi connectivity index (χ0n) is 10.6. The van der Waals surface area contributed by atoms with Gasteiger partial charge in [-0.3, -0.25) is 0 Å². The molecule has 2 aromatic carbocycles. The van der Waals surface area contributed by atoms with Crippen LogP contribution < -0.4 is 10.5 Å². The molecule has 0 saturated carbocycles. The van der Waals surface area contributed by atoms with Gasteiger partial charge in [0.1, 0.15) is 11.6 Å². The SMILES string of the molecule is CC[C@H](N)c1ccccc1Oc1ccc(F)cc1F. The van der Waals surface area contributed by atoms with Crippen LogP contribution in [0.3, 0.4) is 0 Å². The quantitative estimate of drug-likeness (QED) is 0.898. The van der Waals surface area contributed by atoms with Gasteiger partial charge in [-0.25, -0.2) is 8.78 Å². The summed E-state index contributed by atoms with van der Waals surface area (Å²) in [6.07, 6.45) is 0.742. The Bertz CT molecular complexity index is 572. The Morgan fingerprint density at radius 3 is 2.53 bits per heavy atom. The van der Waals surface area contributed by atoms with Crippen molar-refractivity contribution >= 4 is 0 Å². The number of ether oxygens (including phenoxy) is 1. The van der Waals surface area contributed by atoms with E-state index in [1.165, 1.54) is 6.07 Å². The number of halogens is 2. The van der Waals surface area contributed by atoms with Crippen molar-refractivity contribution in [2.45, 2.75) is 19.4 Å². The Morgan fingerprint density at radius 1 is 1.11 bits per heavy atom. The Kier molecular flexibility index (Phi) is 4.12. The van der Waals surface area contributed by atoms with E-state index < -0.39 is 11.6 Å². The summed E-state index contributed by atoms with van der Waals surface area (Å²) in [5, 5.41) is 0. The fourth-order valence-corrected chi connectivity index (χ4v) is 1.78. The second-order valence-corrected chi connectivity index (χ2v) is 4.23. The maximum Gasteiger partial charge on any atom is 0.168 e. The smallest absolute Gasteiger partial charge is 0.168 e. The normalized spacial score (nSPS) is 12.2. The fraction of sp³-hybridized carbons (Fsp3) is 0.200. The summed E-state index contributed by atoms with van der Waals surface area (Å²) in [6.45, 7) is 1.96. The molecule has 19 heavy (non-hydrogen) atoms. The van der Waals surface area contributed by atoms with Gasteiger partial charge in [0.25, 0.3) is 0 Å². The van der Waals surface area contributed by atoms with Crippen molar-refractivity contribution in [3.8, 4) is 11.5 Å². The number of nitrogens with two attached hydrogens (primary N) is 1. The Labute approximate surface area is 110 Å². The highest BCUT2D eigenvalue weighted by molar-refractivity contribution is 5.40. The average molecular weight is 263 g/mol. The lowest BCUT2D eigenvalue weighted by molar-refractivity contribution is 0.429. The van der Waals surface area contributed by atoms with Crippen LogP contribution in [0.1, 0.15) is 24.9 Å². The second kappa shape index (κ2) is 5.80. The van der Waals surface area contributed by atoms with Crippen LogP contribution in [-0.2, 0) is 0 Å². The summed E-state index contributed by atoms with van der Waals surface area (Å²) in [5.41, 5.74) is 6.78. The molecular formula is C15H15F2NO.